The zero-order chi connectivity index (χ0) is 9.26. The van der Waals surface area contributed by atoms with Crippen molar-refractivity contribution < 1.29 is 0 Å². The van der Waals surface area contributed by atoms with Gasteiger partial charge in [0.25, 0.3) is 0 Å². The third-order valence-electron chi connectivity index (χ3n) is 2.75. The molecular weight excluding hydrogens is 160 g/mol. The van der Waals surface area contributed by atoms with Gasteiger partial charge in [-0.15, -0.1) is 0 Å². The predicted octanol–water partition coefficient (Wildman–Crippen LogP) is 2.48. The van der Waals surface area contributed by atoms with Crippen molar-refractivity contribution in [3.8, 4) is 0 Å². The zero-order valence-corrected chi connectivity index (χ0v) is 8.38. The van der Waals surface area contributed by atoms with Crippen LogP contribution in [0.15, 0.2) is 6.20 Å². The molecule has 0 aliphatic heterocycles. The molecule has 0 N–H and O–H groups in total. The highest BCUT2D eigenvalue weighted by atomic mass is 15.1. The Labute approximate surface area is 79.4 Å². The number of fused-ring (bicyclic) bond motifs is 1. The van der Waals surface area contributed by atoms with Gasteiger partial charge in [0.1, 0.15) is 0 Å². The molecule has 0 amide bonds. The maximum absolute atomic E-state index is 4.24. The molecule has 0 aromatic carbocycles. The molecule has 1 aliphatic rings. The SMILES string of the molecule is CC(C)c1nncc2c1CCCC2. The lowest BCUT2D eigenvalue weighted by Crippen LogP contribution is -2.10. The maximum atomic E-state index is 4.24. The second-order valence-corrected chi connectivity index (χ2v) is 4.10. The molecule has 70 valence electrons. The molecule has 1 aromatic rings. The van der Waals surface area contributed by atoms with Gasteiger partial charge in [-0.2, -0.15) is 10.2 Å². The highest BCUT2D eigenvalue weighted by Crippen LogP contribution is 2.26. The predicted molar refractivity (Wildman–Crippen MR) is 52.8 cm³/mol. The average molecular weight is 176 g/mol. The number of nitrogens with zero attached hydrogens (tertiary/aromatic N) is 2. The third-order valence-corrected chi connectivity index (χ3v) is 2.75. The smallest absolute Gasteiger partial charge is 0.0691 e. The van der Waals surface area contributed by atoms with Crippen LogP contribution in [0.25, 0.3) is 0 Å². The fourth-order valence-corrected chi connectivity index (χ4v) is 2.05. The summed E-state index contributed by atoms with van der Waals surface area (Å²) in [4.78, 5) is 0. The van der Waals surface area contributed by atoms with Gasteiger partial charge >= 0.3 is 0 Å². The summed E-state index contributed by atoms with van der Waals surface area (Å²) < 4.78 is 0. The Kier molecular flexibility index (Phi) is 2.30. The first-order valence-corrected chi connectivity index (χ1v) is 5.12. The summed E-state index contributed by atoms with van der Waals surface area (Å²) in [6.07, 6.45) is 6.98. The second kappa shape index (κ2) is 3.44. The third kappa shape index (κ3) is 1.58. The van der Waals surface area contributed by atoms with E-state index in [2.05, 4.69) is 24.0 Å². The van der Waals surface area contributed by atoms with E-state index in [1.807, 2.05) is 6.20 Å². The van der Waals surface area contributed by atoms with Crippen molar-refractivity contribution in [2.45, 2.75) is 45.4 Å². The molecule has 0 spiro atoms. The van der Waals surface area contributed by atoms with Crippen molar-refractivity contribution in [3.05, 3.63) is 23.0 Å². The van der Waals surface area contributed by atoms with E-state index in [0.29, 0.717) is 5.92 Å². The number of hydrogen-bond donors (Lipinski definition) is 0. The standard InChI is InChI=1S/C11H16N2/c1-8(2)11-10-6-4-3-5-9(10)7-12-13-11/h7-8H,3-6H2,1-2H3. The number of aryl methyl sites for hydroxylation is 1. The van der Waals surface area contributed by atoms with E-state index in [1.54, 1.807) is 0 Å². The molecule has 0 atom stereocenters. The molecule has 0 saturated carbocycles. The van der Waals surface area contributed by atoms with Crippen LogP contribution in [-0.4, -0.2) is 10.2 Å². The molecule has 1 heterocycles. The van der Waals surface area contributed by atoms with Gasteiger partial charge in [-0.05, 0) is 42.7 Å². The van der Waals surface area contributed by atoms with Crippen molar-refractivity contribution in [1.29, 1.82) is 0 Å². The van der Waals surface area contributed by atoms with E-state index < -0.39 is 0 Å². The summed E-state index contributed by atoms with van der Waals surface area (Å²) in [6.45, 7) is 4.39. The minimum Gasteiger partial charge on any atom is -0.159 e. The summed E-state index contributed by atoms with van der Waals surface area (Å²) in [5.74, 6) is 0.514. The molecule has 0 unspecified atom stereocenters. The highest BCUT2D eigenvalue weighted by Gasteiger charge is 2.16. The Morgan fingerprint density at radius 2 is 2.00 bits per heavy atom. The van der Waals surface area contributed by atoms with E-state index in [9.17, 15) is 0 Å². The van der Waals surface area contributed by atoms with Crippen molar-refractivity contribution >= 4 is 0 Å². The molecule has 0 fully saturated rings. The molecule has 13 heavy (non-hydrogen) atoms. The maximum Gasteiger partial charge on any atom is 0.0691 e. The van der Waals surface area contributed by atoms with Crippen LogP contribution in [0.3, 0.4) is 0 Å². The molecule has 1 aromatic heterocycles. The summed E-state index contributed by atoms with van der Waals surface area (Å²) in [5, 5.41) is 8.31. The van der Waals surface area contributed by atoms with E-state index in [4.69, 9.17) is 0 Å². The number of rotatable bonds is 1. The van der Waals surface area contributed by atoms with Crippen molar-refractivity contribution in [1.82, 2.24) is 10.2 Å². The molecule has 1 aliphatic carbocycles. The van der Waals surface area contributed by atoms with E-state index in [1.165, 1.54) is 42.5 Å². The normalized spacial score (nSPS) is 15.9. The van der Waals surface area contributed by atoms with Gasteiger partial charge < -0.3 is 0 Å². The Morgan fingerprint density at radius 1 is 1.23 bits per heavy atom. The molecule has 2 nitrogen and oxygen atoms in total. The van der Waals surface area contributed by atoms with Gasteiger partial charge in [0.2, 0.25) is 0 Å². The topological polar surface area (TPSA) is 25.8 Å². The largest absolute Gasteiger partial charge is 0.159 e. The van der Waals surface area contributed by atoms with Crippen LogP contribution in [-0.2, 0) is 12.8 Å². The summed E-state index contributed by atoms with van der Waals surface area (Å²) in [5.41, 5.74) is 4.14. The van der Waals surface area contributed by atoms with Gasteiger partial charge in [-0.3, -0.25) is 0 Å². The Bertz CT molecular complexity index is 305. The van der Waals surface area contributed by atoms with Crippen LogP contribution >= 0.6 is 0 Å². The fourth-order valence-electron chi connectivity index (χ4n) is 2.05. The first kappa shape index (κ1) is 8.67. The second-order valence-electron chi connectivity index (χ2n) is 4.10. The fraction of sp³-hybridized carbons (Fsp3) is 0.636. The van der Waals surface area contributed by atoms with Crippen molar-refractivity contribution in [2.24, 2.45) is 0 Å². The molecule has 0 bridgehead atoms. The first-order chi connectivity index (χ1) is 6.29. The highest BCUT2D eigenvalue weighted by molar-refractivity contribution is 5.31. The Morgan fingerprint density at radius 3 is 2.77 bits per heavy atom. The van der Waals surface area contributed by atoms with Crippen LogP contribution in [0.4, 0.5) is 0 Å². The number of hydrogen-bond acceptors (Lipinski definition) is 2. The van der Waals surface area contributed by atoms with Crippen LogP contribution in [0.5, 0.6) is 0 Å². The van der Waals surface area contributed by atoms with Crippen molar-refractivity contribution in [3.63, 3.8) is 0 Å². The van der Waals surface area contributed by atoms with Gasteiger partial charge in [-0.25, -0.2) is 0 Å². The monoisotopic (exact) mass is 176 g/mol. The van der Waals surface area contributed by atoms with E-state index in [0.717, 1.165) is 0 Å². The zero-order valence-electron chi connectivity index (χ0n) is 8.38. The minimum atomic E-state index is 0.514. The summed E-state index contributed by atoms with van der Waals surface area (Å²) in [6, 6.07) is 0. The van der Waals surface area contributed by atoms with Crippen molar-refractivity contribution in [2.75, 3.05) is 0 Å². The Balaban J connectivity index is 2.46. The molecular formula is C11H16N2. The lowest BCUT2D eigenvalue weighted by atomic mass is 9.89. The quantitative estimate of drug-likeness (QED) is 0.657. The lowest BCUT2D eigenvalue weighted by molar-refractivity contribution is 0.645. The van der Waals surface area contributed by atoms with Crippen LogP contribution in [0.1, 0.15) is 49.4 Å². The minimum absolute atomic E-state index is 0.514. The van der Waals surface area contributed by atoms with Gasteiger partial charge in [0, 0.05) is 0 Å². The van der Waals surface area contributed by atoms with Gasteiger partial charge in [-0.1, -0.05) is 13.8 Å². The van der Waals surface area contributed by atoms with E-state index >= 15 is 0 Å². The average Bonchev–Trinajstić information content (AvgIpc) is 2.17. The first-order valence-electron chi connectivity index (χ1n) is 5.12. The van der Waals surface area contributed by atoms with Crippen LogP contribution in [0, 0.1) is 0 Å². The summed E-state index contributed by atoms with van der Waals surface area (Å²) in [7, 11) is 0. The molecule has 0 saturated heterocycles. The Hall–Kier alpha value is -0.920. The van der Waals surface area contributed by atoms with Crippen LogP contribution in [0.2, 0.25) is 0 Å². The van der Waals surface area contributed by atoms with Gasteiger partial charge in [0.05, 0.1) is 11.9 Å². The molecule has 2 heteroatoms. The summed E-state index contributed by atoms with van der Waals surface area (Å²) >= 11 is 0. The molecule has 0 radical (unpaired) electrons. The van der Waals surface area contributed by atoms with E-state index in [-0.39, 0.29) is 0 Å². The number of aromatic nitrogens is 2. The van der Waals surface area contributed by atoms with Crippen LogP contribution < -0.4 is 0 Å². The van der Waals surface area contributed by atoms with Gasteiger partial charge in [0.15, 0.2) is 0 Å². The molecule has 2 rings (SSSR count). The lowest BCUT2D eigenvalue weighted by Gasteiger charge is -2.18.